The minimum absolute atomic E-state index is 0.462. The lowest BCUT2D eigenvalue weighted by atomic mass is 10.1. The van der Waals surface area contributed by atoms with Gasteiger partial charge < -0.3 is 14.5 Å². The van der Waals surface area contributed by atoms with E-state index in [1.807, 2.05) is 55.8 Å². The SMILES string of the molecule is CCOCc1ccc(C)c(Nc2ncc(-c3ccc(-n4nccc4C)cc3)o2)c1. The summed E-state index contributed by atoms with van der Waals surface area (Å²) in [7, 11) is 0. The first-order chi connectivity index (χ1) is 14.1. The molecule has 0 atom stereocenters. The molecule has 0 unspecified atom stereocenters. The average Bonchev–Trinajstić information content (AvgIpc) is 3.38. The van der Waals surface area contributed by atoms with Gasteiger partial charge in [0.25, 0.3) is 6.01 Å². The van der Waals surface area contributed by atoms with E-state index in [1.165, 1.54) is 0 Å². The number of oxazole rings is 1. The number of rotatable bonds is 7. The van der Waals surface area contributed by atoms with Crippen LogP contribution in [0.2, 0.25) is 0 Å². The molecule has 6 nitrogen and oxygen atoms in total. The zero-order valence-electron chi connectivity index (χ0n) is 16.8. The average molecular weight is 388 g/mol. The molecule has 2 aromatic heterocycles. The summed E-state index contributed by atoms with van der Waals surface area (Å²) in [4.78, 5) is 4.38. The minimum atomic E-state index is 0.462. The van der Waals surface area contributed by atoms with E-state index in [0.29, 0.717) is 25.0 Å². The van der Waals surface area contributed by atoms with Crippen molar-refractivity contribution in [1.29, 1.82) is 0 Å². The van der Waals surface area contributed by atoms with Gasteiger partial charge in [-0.3, -0.25) is 0 Å². The summed E-state index contributed by atoms with van der Waals surface area (Å²) in [6, 6.07) is 16.7. The zero-order chi connectivity index (χ0) is 20.2. The summed E-state index contributed by atoms with van der Waals surface area (Å²) in [6.45, 7) is 7.35. The van der Waals surface area contributed by atoms with Crippen LogP contribution in [0.25, 0.3) is 17.0 Å². The molecule has 6 heteroatoms. The van der Waals surface area contributed by atoms with E-state index in [4.69, 9.17) is 9.15 Å². The first-order valence-electron chi connectivity index (χ1n) is 9.65. The van der Waals surface area contributed by atoms with Crippen molar-refractivity contribution in [1.82, 2.24) is 14.8 Å². The number of benzene rings is 2. The second-order valence-corrected chi connectivity index (χ2v) is 6.87. The molecule has 0 aliphatic heterocycles. The molecule has 0 radical (unpaired) electrons. The number of hydrogen-bond acceptors (Lipinski definition) is 5. The van der Waals surface area contributed by atoms with E-state index in [1.54, 1.807) is 12.4 Å². The van der Waals surface area contributed by atoms with E-state index < -0.39 is 0 Å². The molecule has 2 heterocycles. The van der Waals surface area contributed by atoms with Crippen molar-refractivity contribution in [3.63, 3.8) is 0 Å². The number of nitrogens with zero attached hydrogens (tertiary/aromatic N) is 3. The van der Waals surface area contributed by atoms with E-state index in [-0.39, 0.29) is 0 Å². The van der Waals surface area contributed by atoms with Gasteiger partial charge in [0.05, 0.1) is 18.5 Å². The molecular formula is C23H24N4O2. The van der Waals surface area contributed by atoms with Crippen LogP contribution in [0.3, 0.4) is 0 Å². The highest BCUT2D eigenvalue weighted by atomic mass is 16.5. The fourth-order valence-corrected chi connectivity index (χ4v) is 3.10. The molecule has 0 bridgehead atoms. The first kappa shape index (κ1) is 19.0. The molecule has 148 valence electrons. The quantitative estimate of drug-likeness (QED) is 0.458. The van der Waals surface area contributed by atoms with Crippen LogP contribution >= 0.6 is 0 Å². The van der Waals surface area contributed by atoms with E-state index in [2.05, 4.69) is 33.6 Å². The molecule has 4 aromatic rings. The van der Waals surface area contributed by atoms with Crippen molar-refractivity contribution in [2.75, 3.05) is 11.9 Å². The highest BCUT2D eigenvalue weighted by Crippen LogP contribution is 2.27. The van der Waals surface area contributed by atoms with Crippen LogP contribution < -0.4 is 5.32 Å². The molecule has 0 saturated carbocycles. The molecule has 2 aromatic carbocycles. The fourth-order valence-electron chi connectivity index (χ4n) is 3.10. The third-order valence-electron chi connectivity index (χ3n) is 4.75. The van der Waals surface area contributed by atoms with Crippen molar-refractivity contribution < 1.29 is 9.15 Å². The number of ether oxygens (including phenoxy) is 1. The summed E-state index contributed by atoms with van der Waals surface area (Å²) in [5.41, 5.74) is 6.24. The fraction of sp³-hybridized carbons (Fsp3) is 0.217. The lowest BCUT2D eigenvalue weighted by Crippen LogP contribution is -1.97. The van der Waals surface area contributed by atoms with Crippen LogP contribution in [0, 0.1) is 13.8 Å². The van der Waals surface area contributed by atoms with Gasteiger partial charge in [-0.05, 0) is 68.3 Å². The largest absolute Gasteiger partial charge is 0.423 e. The Kier molecular flexibility index (Phi) is 5.44. The Morgan fingerprint density at radius 2 is 1.90 bits per heavy atom. The topological polar surface area (TPSA) is 65.1 Å². The molecule has 0 amide bonds. The molecule has 29 heavy (non-hydrogen) atoms. The first-order valence-corrected chi connectivity index (χ1v) is 9.65. The Hall–Kier alpha value is -3.38. The highest BCUT2D eigenvalue weighted by molar-refractivity contribution is 5.63. The maximum absolute atomic E-state index is 5.93. The second kappa shape index (κ2) is 8.32. The minimum Gasteiger partial charge on any atom is -0.423 e. The van der Waals surface area contributed by atoms with Crippen LogP contribution in [0.1, 0.15) is 23.7 Å². The van der Waals surface area contributed by atoms with Crippen LogP contribution in [0.15, 0.2) is 65.3 Å². The maximum Gasteiger partial charge on any atom is 0.299 e. The van der Waals surface area contributed by atoms with Gasteiger partial charge in [0.2, 0.25) is 0 Å². The molecule has 1 N–H and O–H groups in total. The highest BCUT2D eigenvalue weighted by Gasteiger charge is 2.09. The number of hydrogen-bond donors (Lipinski definition) is 1. The number of aryl methyl sites for hydroxylation is 2. The van der Waals surface area contributed by atoms with E-state index in [9.17, 15) is 0 Å². The van der Waals surface area contributed by atoms with Crippen molar-refractivity contribution in [3.05, 3.63) is 77.7 Å². The van der Waals surface area contributed by atoms with E-state index in [0.717, 1.165) is 33.8 Å². The summed E-state index contributed by atoms with van der Waals surface area (Å²) < 4.78 is 13.3. The van der Waals surface area contributed by atoms with Gasteiger partial charge in [-0.25, -0.2) is 9.67 Å². The normalized spacial score (nSPS) is 11.0. The molecule has 0 aliphatic carbocycles. The summed E-state index contributed by atoms with van der Waals surface area (Å²) in [5.74, 6) is 0.708. The second-order valence-electron chi connectivity index (χ2n) is 6.87. The lowest BCUT2D eigenvalue weighted by molar-refractivity contribution is 0.134. The Bertz CT molecular complexity index is 1100. The van der Waals surface area contributed by atoms with Gasteiger partial charge in [-0.1, -0.05) is 12.1 Å². The van der Waals surface area contributed by atoms with Crippen LogP contribution in [0.5, 0.6) is 0 Å². The van der Waals surface area contributed by atoms with Gasteiger partial charge in [0, 0.05) is 29.7 Å². The summed E-state index contributed by atoms with van der Waals surface area (Å²) in [5, 5.41) is 7.61. The van der Waals surface area contributed by atoms with Crippen LogP contribution in [-0.4, -0.2) is 21.4 Å². The number of nitrogens with one attached hydrogen (secondary N) is 1. The van der Waals surface area contributed by atoms with Gasteiger partial charge in [0.15, 0.2) is 5.76 Å². The van der Waals surface area contributed by atoms with Crippen molar-refractivity contribution in [2.45, 2.75) is 27.4 Å². The Balaban J connectivity index is 1.51. The monoisotopic (exact) mass is 388 g/mol. The summed E-state index contributed by atoms with van der Waals surface area (Å²) >= 11 is 0. The van der Waals surface area contributed by atoms with Crippen molar-refractivity contribution in [2.24, 2.45) is 0 Å². The standard InChI is InChI=1S/C23H24N4O2/c1-4-28-15-18-6-5-16(2)21(13-18)26-23-24-14-22(29-23)19-7-9-20(10-8-19)27-17(3)11-12-25-27/h5-14H,4,15H2,1-3H3,(H,24,26). The molecule has 0 saturated heterocycles. The van der Waals surface area contributed by atoms with Crippen LogP contribution in [0.4, 0.5) is 11.7 Å². The molecular weight excluding hydrogens is 364 g/mol. The molecule has 0 fully saturated rings. The summed E-state index contributed by atoms with van der Waals surface area (Å²) in [6.07, 6.45) is 3.53. The molecule has 0 spiro atoms. The lowest BCUT2D eigenvalue weighted by Gasteiger charge is -2.09. The maximum atomic E-state index is 5.93. The predicted octanol–water partition coefficient (Wildman–Crippen LogP) is 5.42. The Morgan fingerprint density at radius 3 is 2.62 bits per heavy atom. The van der Waals surface area contributed by atoms with Gasteiger partial charge in [-0.15, -0.1) is 0 Å². The van der Waals surface area contributed by atoms with E-state index >= 15 is 0 Å². The van der Waals surface area contributed by atoms with Crippen LogP contribution in [-0.2, 0) is 11.3 Å². The smallest absolute Gasteiger partial charge is 0.299 e. The molecule has 4 rings (SSSR count). The molecule has 0 aliphatic rings. The zero-order valence-corrected chi connectivity index (χ0v) is 16.8. The number of anilines is 2. The van der Waals surface area contributed by atoms with Crippen molar-refractivity contribution >= 4 is 11.7 Å². The Labute approximate surface area is 170 Å². The van der Waals surface area contributed by atoms with Gasteiger partial charge in [-0.2, -0.15) is 5.10 Å². The van der Waals surface area contributed by atoms with Crippen molar-refractivity contribution in [3.8, 4) is 17.0 Å². The van der Waals surface area contributed by atoms with Gasteiger partial charge in [0.1, 0.15) is 0 Å². The number of aromatic nitrogens is 3. The third kappa shape index (κ3) is 4.22. The Morgan fingerprint density at radius 1 is 1.07 bits per heavy atom. The van der Waals surface area contributed by atoms with Gasteiger partial charge >= 0.3 is 0 Å². The predicted molar refractivity (Wildman–Crippen MR) is 114 cm³/mol. The third-order valence-corrected chi connectivity index (χ3v) is 4.75.